The minimum Gasteiger partial charge on any atom is -0.462 e. The molecule has 6 nitrogen and oxygen atoms in total. The van der Waals surface area contributed by atoms with E-state index in [1.807, 2.05) is 27.7 Å². The van der Waals surface area contributed by atoms with Crippen LogP contribution in [0.5, 0.6) is 0 Å². The highest BCUT2D eigenvalue weighted by molar-refractivity contribution is 5.69. The molecular weight excluding hydrogens is 500 g/mol. The van der Waals surface area contributed by atoms with Crippen molar-refractivity contribution < 1.29 is 19.1 Å². The number of unbranched alkanes of at least 4 members (excludes halogenated alkanes) is 14. The Hall–Kier alpha value is -1.30. The van der Waals surface area contributed by atoms with Gasteiger partial charge in [-0.15, -0.1) is 0 Å². The third-order valence-corrected chi connectivity index (χ3v) is 7.31. The number of amides is 1. The highest BCUT2D eigenvalue weighted by Crippen LogP contribution is 2.18. The van der Waals surface area contributed by atoms with E-state index in [0.717, 1.165) is 58.0 Å². The van der Waals surface area contributed by atoms with E-state index in [2.05, 4.69) is 24.5 Å². The van der Waals surface area contributed by atoms with Crippen LogP contribution < -0.4 is 10.6 Å². The lowest BCUT2D eigenvalue weighted by atomic mass is 10.0. The van der Waals surface area contributed by atoms with Gasteiger partial charge >= 0.3 is 12.1 Å². The molecule has 0 heterocycles. The topological polar surface area (TPSA) is 76.7 Å². The first-order valence-corrected chi connectivity index (χ1v) is 17.1. The van der Waals surface area contributed by atoms with E-state index >= 15 is 0 Å². The Balaban J connectivity index is 3.91. The summed E-state index contributed by atoms with van der Waals surface area (Å²) >= 11 is 0. The summed E-state index contributed by atoms with van der Waals surface area (Å²) in [5, 5.41) is 6.35. The fourth-order valence-corrected chi connectivity index (χ4v) is 4.89. The fraction of sp³-hybridized carbons (Fsp3) is 0.941. The molecule has 6 heteroatoms. The van der Waals surface area contributed by atoms with Gasteiger partial charge < -0.3 is 20.1 Å². The molecule has 0 saturated carbocycles. The molecule has 40 heavy (non-hydrogen) atoms. The van der Waals surface area contributed by atoms with Crippen molar-refractivity contribution in [3.8, 4) is 0 Å². The summed E-state index contributed by atoms with van der Waals surface area (Å²) in [4.78, 5) is 24.3. The number of ether oxygens (including phenoxy) is 2. The number of hydrogen-bond donors (Lipinski definition) is 2. The van der Waals surface area contributed by atoms with Crippen molar-refractivity contribution in [1.29, 1.82) is 0 Å². The normalized spacial score (nSPS) is 12.5. The third-order valence-electron chi connectivity index (χ3n) is 7.31. The van der Waals surface area contributed by atoms with Gasteiger partial charge in [-0.1, -0.05) is 97.3 Å². The maximum Gasteiger partial charge on any atom is 0.407 e. The molecular formula is C34H68N2O4. The smallest absolute Gasteiger partial charge is 0.407 e. The van der Waals surface area contributed by atoms with Crippen LogP contribution in [0.4, 0.5) is 4.79 Å². The molecule has 1 unspecified atom stereocenters. The van der Waals surface area contributed by atoms with Crippen LogP contribution >= 0.6 is 0 Å². The monoisotopic (exact) mass is 569 g/mol. The van der Waals surface area contributed by atoms with Gasteiger partial charge in [0.25, 0.3) is 0 Å². The molecule has 238 valence electrons. The second kappa shape index (κ2) is 26.6. The molecule has 0 saturated heterocycles. The molecule has 0 aromatic rings. The van der Waals surface area contributed by atoms with Gasteiger partial charge in [0.05, 0.1) is 0 Å². The molecule has 0 aromatic carbocycles. The van der Waals surface area contributed by atoms with Gasteiger partial charge in [0.15, 0.2) is 0 Å². The van der Waals surface area contributed by atoms with Crippen LogP contribution in [0, 0.1) is 0 Å². The van der Waals surface area contributed by atoms with Crippen LogP contribution in [-0.2, 0) is 14.3 Å². The highest BCUT2D eigenvalue weighted by atomic mass is 16.6. The molecule has 2 N–H and O–H groups in total. The molecule has 0 aliphatic rings. The minimum atomic E-state index is -0.467. The molecule has 1 amide bonds. The quantitative estimate of drug-likeness (QED) is 0.0762. The Morgan fingerprint density at radius 1 is 0.650 bits per heavy atom. The zero-order chi connectivity index (χ0) is 29.9. The number of rotatable bonds is 27. The van der Waals surface area contributed by atoms with E-state index in [1.54, 1.807) is 0 Å². The van der Waals surface area contributed by atoms with E-state index in [9.17, 15) is 9.59 Å². The predicted molar refractivity (Wildman–Crippen MR) is 170 cm³/mol. The van der Waals surface area contributed by atoms with Crippen LogP contribution in [0.1, 0.15) is 176 Å². The van der Waals surface area contributed by atoms with Crippen LogP contribution in [0.3, 0.4) is 0 Å². The summed E-state index contributed by atoms with van der Waals surface area (Å²) in [5.41, 5.74) is -0.467. The minimum absolute atomic E-state index is 0.0118. The van der Waals surface area contributed by atoms with Crippen molar-refractivity contribution in [2.45, 2.75) is 194 Å². The van der Waals surface area contributed by atoms with E-state index < -0.39 is 5.60 Å². The Morgan fingerprint density at radius 2 is 1.15 bits per heavy atom. The molecule has 0 aliphatic carbocycles. The first-order chi connectivity index (χ1) is 19.2. The lowest BCUT2D eigenvalue weighted by Crippen LogP contribution is -2.39. The number of nitrogens with one attached hydrogen (secondary N) is 2. The first kappa shape index (κ1) is 38.7. The number of hydrogen-bond acceptors (Lipinski definition) is 5. The molecule has 0 aliphatic heterocycles. The predicted octanol–water partition coefficient (Wildman–Crippen LogP) is 9.63. The zero-order valence-corrected chi connectivity index (χ0v) is 27.6. The first-order valence-electron chi connectivity index (χ1n) is 17.1. The number of esters is 1. The SMILES string of the molecule is CCCCCCCCC(CCCCCCCC)OC(=O)CCCCCCCNCCC(C)NC(=O)OC(C)(C)C. The highest BCUT2D eigenvalue weighted by Gasteiger charge is 2.17. The lowest BCUT2D eigenvalue weighted by Gasteiger charge is -2.22. The Morgan fingerprint density at radius 3 is 1.70 bits per heavy atom. The van der Waals surface area contributed by atoms with E-state index in [4.69, 9.17) is 9.47 Å². The van der Waals surface area contributed by atoms with Crippen molar-refractivity contribution in [2.24, 2.45) is 0 Å². The van der Waals surface area contributed by atoms with Gasteiger partial charge in [0.2, 0.25) is 0 Å². The van der Waals surface area contributed by atoms with Gasteiger partial charge in [0.1, 0.15) is 11.7 Å². The van der Waals surface area contributed by atoms with Crippen LogP contribution in [-0.4, -0.2) is 42.9 Å². The fourth-order valence-electron chi connectivity index (χ4n) is 4.89. The molecule has 1 atom stereocenters. The number of carbonyl (C=O) groups excluding carboxylic acids is 2. The summed E-state index contributed by atoms with van der Waals surface area (Å²) < 4.78 is 11.3. The summed E-state index contributed by atoms with van der Waals surface area (Å²) in [6.07, 6.45) is 24.2. The summed E-state index contributed by atoms with van der Waals surface area (Å²) in [7, 11) is 0. The summed E-state index contributed by atoms with van der Waals surface area (Å²) in [5.74, 6) is 0.0118. The molecule has 0 spiro atoms. The molecule has 0 radical (unpaired) electrons. The van der Waals surface area contributed by atoms with Gasteiger partial charge in [-0.2, -0.15) is 0 Å². The molecule has 0 bridgehead atoms. The standard InChI is InChI=1S/C34H68N2O4/c1-7-9-11-13-16-20-24-31(25-21-17-14-12-10-8-2)39-32(37)26-22-18-15-19-23-28-35-29-27-30(3)36-33(38)40-34(4,5)6/h30-31,35H,7-29H2,1-6H3,(H,36,38). The van der Waals surface area contributed by atoms with Gasteiger partial charge in [-0.3, -0.25) is 4.79 Å². The maximum atomic E-state index is 12.5. The van der Waals surface area contributed by atoms with Crippen molar-refractivity contribution in [2.75, 3.05) is 13.1 Å². The second-order valence-corrected chi connectivity index (χ2v) is 12.8. The van der Waals surface area contributed by atoms with E-state index in [1.165, 1.54) is 83.5 Å². The van der Waals surface area contributed by atoms with Crippen molar-refractivity contribution in [3.05, 3.63) is 0 Å². The second-order valence-electron chi connectivity index (χ2n) is 12.8. The van der Waals surface area contributed by atoms with Crippen molar-refractivity contribution in [3.63, 3.8) is 0 Å². The Kier molecular flexibility index (Phi) is 25.7. The van der Waals surface area contributed by atoms with Crippen LogP contribution in [0.2, 0.25) is 0 Å². The zero-order valence-electron chi connectivity index (χ0n) is 27.6. The van der Waals surface area contributed by atoms with Gasteiger partial charge in [-0.05, 0) is 85.7 Å². The lowest BCUT2D eigenvalue weighted by molar-refractivity contribution is -0.150. The van der Waals surface area contributed by atoms with Crippen LogP contribution in [0.15, 0.2) is 0 Å². The average molecular weight is 569 g/mol. The largest absolute Gasteiger partial charge is 0.462 e. The number of alkyl carbamates (subject to hydrolysis) is 1. The van der Waals surface area contributed by atoms with E-state index in [-0.39, 0.29) is 24.2 Å². The van der Waals surface area contributed by atoms with E-state index in [0.29, 0.717) is 6.42 Å². The number of carbonyl (C=O) groups is 2. The Labute approximate surface area is 248 Å². The van der Waals surface area contributed by atoms with Crippen LogP contribution in [0.25, 0.3) is 0 Å². The van der Waals surface area contributed by atoms with Crippen molar-refractivity contribution >= 4 is 12.1 Å². The molecule has 0 fully saturated rings. The summed E-state index contributed by atoms with van der Waals surface area (Å²) in [6.45, 7) is 14.0. The average Bonchev–Trinajstić information content (AvgIpc) is 2.87. The third kappa shape index (κ3) is 28.2. The van der Waals surface area contributed by atoms with Gasteiger partial charge in [0, 0.05) is 12.5 Å². The Bertz CT molecular complexity index is 575. The van der Waals surface area contributed by atoms with Crippen molar-refractivity contribution in [1.82, 2.24) is 10.6 Å². The molecule has 0 aromatic heterocycles. The molecule has 0 rings (SSSR count). The maximum absolute atomic E-state index is 12.5. The van der Waals surface area contributed by atoms with Gasteiger partial charge in [-0.25, -0.2) is 4.79 Å². The summed E-state index contributed by atoms with van der Waals surface area (Å²) in [6, 6.07) is 0.0818.